The molecule has 5 nitrogen and oxygen atoms in total. The minimum Gasteiger partial charge on any atom is -0.496 e. The van der Waals surface area contributed by atoms with Gasteiger partial charge in [-0.1, -0.05) is 6.07 Å². The van der Waals surface area contributed by atoms with Crippen LogP contribution >= 0.6 is 0 Å². The van der Waals surface area contributed by atoms with Gasteiger partial charge in [-0.05, 0) is 26.2 Å². The molecule has 5 heteroatoms. The lowest BCUT2D eigenvalue weighted by Crippen LogP contribution is -2.53. The Balaban J connectivity index is 2.37. The first-order valence-electron chi connectivity index (χ1n) is 6.72. The Bertz CT molecular complexity index is 468. The molecule has 1 aliphatic heterocycles. The molecule has 1 aliphatic rings. The number of rotatable bonds is 4. The fourth-order valence-corrected chi connectivity index (χ4v) is 2.55. The quantitative estimate of drug-likeness (QED) is 0.772. The first kappa shape index (κ1) is 14.8. The second kappa shape index (κ2) is 6.24. The molecule has 1 heterocycles. The van der Waals surface area contributed by atoms with Crippen molar-refractivity contribution < 1.29 is 14.3 Å². The monoisotopic (exact) mass is 278 g/mol. The van der Waals surface area contributed by atoms with E-state index in [9.17, 15) is 4.79 Å². The molecule has 0 spiro atoms. The lowest BCUT2D eigenvalue weighted by atomic mass is 9.99. The summed E-state index contributed by atoms with van der Waals surface area (Å²) < 4.78 is 10.7. The summed E-state index contributed by atoms with van der Waals surface area (Å²) in [6, 6.07) is 5.24. The van der Waals surface area contributed by atoms with Crippen LogP contribution in [-0.2, 0) is 0 Å². The van der Waals surface area contributed by atoms with E-state index in [1.807, 2.05) is 20.2 Å². The summed E-state index contributed by atoms with van der Waals surface area (Å²) in [7, 11) is 7.16. The Morgan fingerprint density at radius 2 is 1.75 bits per heavy atom. The van der Waals surface area contributed by atoms with Crippen LogP contribution in [0.1, 0.15) is 10.4 Å². The number of nitrogens with zero attached hydrogens (tertiary/aromatic N) is 2. The zero-order valence-corrected chi connectivity index (χ0v) is 12.5. The van der Waals surface area contributed by atoms with E-state index in [1.165, 1.54) is 0 Å². The van der Waals surface area contributed by atoms with Crippen LogP contribution < -0.4 is 9.47 Å². The standard InChI is InChI=1S/C15H22N2O3/c1-16-8-9-17(2)11(10-16)15(18)14-12(19-3)6-5-7-13(14)20-4/h5-7,11H,8-10H2,1-4H3. The summed E-state index contributed by atoms with van der Waals surface area (Å²) in [5, 5.41) is 0. The van der Waals surface area contributed by atoms with Crippen molar-refractivity contribution in [2.45, 2.75) is 6.04 Å². The number of Topliss-reactive ketones (excluding diaryl/α,β-unsaturated/α-hetero) is 1. The smallest absolute Gasteiger partial charge is 0.188 e. The van der Waals surface area contributed by atoms with Crippen LogP contribution in [0.25, 0.3) is 0 Å². The molecule has 1 atom stereocenters. The van der Waals surface area contributed by atoms with Gasteiger partial charge in [-0.25, -0.2) is 0 Å². The summed E-state index contributed by atoms with van der Waals surface area (Å²) in [5.74, 6) is 1.18. The third-order valence-corrected chi connectivity index (χ3v) is 3.83. The zero-order valence-electron chi connectivity index (χ0n) is 12.5. The highest BCUT2D eigenvalue weighted by Gasteiger charge is 2.32. The molecule has 0 bridgehead atoms. The second-order valence-electron chi connectivity index (χ2n) is 5.16. The average Bonchev–Trinajstić information content (AvgIpc) is 2.48. The van der Waals surface area contributed by atoms with Crippen LogP contribution in [0.2, 0.25) is 0 Å². The number of hydrogen-bond acceptors (Lipinski definition) is 5. The molecule has 0 aromatic heterocycles. The predicted molar refractivity (Wildman–Crippen MR) is 77.8 cm³/mol. The largest absolute Gasteiger partial charge is 0.496 e. The van der Waals surface area contributed by atoms with Gasteiger partial charge >= 0.3 is 0 Å². The van der Waals surface area contributed by atoms with E-state index in [0.717, 1.165) is 19.6 Å². The fourth-order valence-electron chi connectivity index (χ4n) is 2.55. The first-order chi connectivity index (χ1) is 9.58. The molecule has 1 aromatic rings. The summed E-state index contributed by atoms with van der Waals surface area (Å²) in [5.41, 5.74) is 0.532. The number of carbonyl (C=O) groups excluding carboxylic acids is 1. The maximum Gasteiger partial charge on any atom is 0.188 e. The number of ether oxygens (including phenoxy) is 2. The number of carbonyl (C=O) groups is 1. The van der Waals surface area contributed by atoms with Gasteiger partial charge in [0.15, 0.2) is 5.78 Å². The lowest BCUT2D eigenvalue weighted by molar-refractivity contribution is 0.0680. The Morgan fingerprint density at radius 3 is 2.30 bits per heavy atom. The van der Waals surface area contributed by atoms with Crippen molar-refractivity contribution in [1.29, 1.82) is 0 Å². The van der Waals surface area contributed by atoms with E-state index in [1.54, 1.807) is 26.4 Å². The molecule has 1 aromatic carbocycles. The van der Waals surface area contributed by atoms with Crippen LogP contribution in [-0.4, -0.2) is 69.6 Å². The third-order valence-electron chi connectivity index (χ3n) is 3.83. The number of piperazine rings is 1. The molecule has 0 aliphatic carbocycles. The Morgan fingerprint density at radius 1 is 1.15 bits per heavy atom. The average molecular weight is 278 g/mol. The molecule has 0 N–H and O–H groups in total. The zero-order chi connectivity index (χ0) is 14.7. The fraction of sp³-hybridized carbons (Fsp3) is 0.533. The van der Waals surface area contributed by atoms with E-state index >= 15 is 0 Å². The van der Waals surface area contributed by atoms with Gasteiger partial charge in [0.2, 0.25) is 0 Å². The SMILES string of the molecule is COc1cccc(OC)c1C(=O)C1CN(C)CCN1C. The number of methoxy groups -OCH3 is 2. The highest BCUT2D eigenvalue weighted by atomic mass is 16.5. The minimum absolute atomic E-state index is 0.0494. The third kappa shape index (κ3) is 2.78. The summed E-state index contributed by atoms with van der Waals surface area (Å²) in [6.07, 6.45) is 0. The number of likely N-dealkylation sites (N-methyl/N-ethyl adjacent to an activating group) is 2. The van der Waals surface area contributed by atoms with E-state index < -0.39 is 0 Å². The van der Waals surface area contributed by atoms with Gasteiger partial charge in [-0.15, -0.1) is 0 Å². The number of hydrogen-bond donors (Lipinski definition) is 0. The predicted octanol–water partition coefficient (Wildman–Crippen LogP) is 1.13. The van der Waals surface area contributed by atoms with Crippen LogP contribution in [0, 0.1) is 0 Å². The van der Waals surface area contributed by atoms with Crippen molar-refractivity contribution in [2.24, 2.45) is 0 Å². The second-order valence-corrected chi connectivity index (χ2v) is 5.16. The molecule has 2 rings (SSSR count). The van der Waals surface area contributed by atoms with Crippen molar-refractivity contribution >= 4 is 5.78 Å². The summed E-state index contributed by atoms with van der Waals surface area (Å²) >= 11 is 0. The molecular weight excluding hydrogens is 256 g/mol. The Hall–Kier alpha value is -1.59. The van der Waals surface area contributed by atoms with E-state index in [-0.39, 0.29) is 11.8 Å². The van der Waals surface area contributed by atoms with Gasteiger partial charge in [0.05, 0.1) is 20.3 Å². The topological polar surface area (TPSA) is 42.0 Å². The van der Waals surface area contributed by atoms with Crippen LogP contribution in [0.3, 0.4) is 0 Å². The molecule has 1 unspecified atom stereocenters. The summed E-state index contributed by atoms with van der Waals surface area (Å²) in [4.78, 5) is 17.1. The van der Waals surface area contributed by atoms with Crippen molar-refractivity contribution in [3.8, 4) is 11.5 Å². The Labute approximate surface area is 120 Å². The number of benzene rings is 1. The molecule has 110 valence electrons. The Kier molecular flexibility index (Phi) is 4.62. The van der Waals surface area contributed by atoms with Gasteiger partial charge < -0.3 is 14.4 Å². The molecule has 0 amide bonds. The van der Waals surface area contributed by atoms with Crippen molar-refractivity contribution in [1.82, 2.24) is 9.80 Å². The molecular formula is C15H22N2O3. The van der Waals surface area contributed by atoms with E-state index in [4.69, 9.17) is 9.47 Å². The van der Waals surface area contributed by atoms with Gasteiger partial charge in [0.1, 0.15) is 17.1 Å². The number of ketones is 1. The van der Waals surface area contributed by atoms with E-state index in [0.29, 0.717) is 17.1 Å². The van der Waals surface area contributed by atoms with Crippen molar-refractivity contribution in [3.05, 3.63) is 23.8 Å². The lowest BCUT2D eigenvalue weighted by Gasteiger charge is -2.37. The van der Waals surface area contributed by atoms with E-state index in [2.05, 4.69) is 9.80 Å². The minimum atomic E-state index is -0.168. The maximum absolute atomic E-state index is 12.9. The van der Waals surface area contributed by atoms with Gasteiger partial charge in [-0.2, -0.15) is 0 Å². The van der Waals surface area contributed by atoms with Gasteiger partial charge in [0.25, 0.3) is 0 Å². The van der Waals surface area contributed by atoms with Crippen LogP contribution in [0.5, 0.6) is 11.5 Å². The van der Waals surface area contributed by atoms with Crippen LogP contribution in [0.4, 0.5) is 0 Å². The van der Waals surface area contributed by atoms with Crippen molar-refractivity contribution in [2.75, 3.05) is 47.9 Å². The highest BCUT2D eigenvalue weighted by Crippen LogP contribution is 2.30. The highest BCUT2D eigenvalue weighted by molar-refractivity contribution is 6.05. The van der Waals surface area contributed by atoms with Gasteiger partial charge in [-0.3, -0.25) is 9.69 Å². The van der Waals surface area contributed by atoms with Crippen LogP contribution in [0.15, 0.2) is 18.2 Å². The normalized spacial score (nSPS) is 20.7. The molecule has 1 saturated heterocycles. The molecule has 1 fully saturated rings. The summed E-state index contributed by atoms with van der Waals surface area (Å²) in [6.45, 7) is 2.57. The van der Waals surface area contributed by atoms with Gasteiger partial charge in [0, 0.05) is 19.6 Å². The van der Waals surface area contributed by atoms with Crippen molar-refractivity contribution in [3.63, 3.8) is 0 Å². The molecule has 20 heavy (non-hydrogen) atoms. The maximum atomic E-state index is 12.9. The first-order valence-corrected chi connectivity index (χ1v) is 6.72. The molecule has 0 saturated carbocycles. The molecule has 0 radical (unpaired) electrons.